The van der Waals surface area contributed by atoms with E-state index in [1.54, 1.807) is 29.2 Å². The van der Waals surface area contributed by atoms with Crippen LogP contribution in [-0.2, 0) is 20.9 Å². The van der Waals surface area contributed by atoms with E-state index in [2.05, 4.69) is 10.3 Å². The molecule has 0 radical (unpaired) electrons. The van der Waals surface area contributed by atoms with Crippen LogP contribution in [0.5, 0.6) is 0 Å². The monoisotopic (exact) mass is 245 g/mol. The first-order chi connectivity index (χ1) is 8.69. The lowest BCUT2D eigenvalue weighted by molar-refractivity contribution is -0.130. The number of nitrogens with zero attached hydrogens (tertiary/aromatic N) is 2. The summed E-state index contributed by atoms with van der Waals surface area (Å²) in [5.41, 5.74) is 1.66. The van der Waals surface area contributed by atoms with Crippen molar-refractivity contribution in [3.8, 4) is 0 Å². The Bertz CT molecular complexity index is 502. The fourth-order valence-corrected chi connectivity index (χ4v) is 1.76. The number of anilines is 1. The number of amides is 2. The summed E-state index contributed by atoms with van der Waals surface area (Å²) >= 11 is 0. The molecule has 1 fully saturated rings. The van der Waals surface area contributed by atoms with Gasteiger partial charge in [-0.05, 0) is 17.7 Å². The number of imide groups is 1. The molecule has 18 heavy (non-hydrogen) atoms. The van der Waals surface area contributed by atoms with Crippen molar-refractivity contribution in [1.82, 2.24) is 5.32 Å². The molecule has 0 atom stereocenters. The van der Waals surface area contributed by atoms with E-state index in [0.29, 0.717) is 0 Å². The SMILES string of the molecule is O=C=NCc1ccc(N2CC(=O)NC(=O)C2)cc1. The molecule has 1 N–H and O–H groups in total. The molecular weight excluding hydrogens is 234 g/mol. The highest BCUT2D eigenvalue weighted by molar-refractivity contribution is 6.02. The van der Waals surface area contributed by atoms with E-state index in [1.807, 2.05) is 0 Å². The zero-order chi connectivity index (χ0) is 13.0. The molecule has 0 aliphatic carbocycles. The molecule has 0 spiro atoms. The molecule has 1 aromatic carbocycles. The third kappa shape index (κ3) is 2.81. The van der Waals surface area contributed by atoms with Crippen LogP contribution in [0.3, 0.4) is 0 Å². The third-order valence-electron chi connectivity index (χ3n) is 2.58. The van der Waals surface area contributed by atoms with Crippen LogP contribution in [0.25, 0.3) is 0 Å². The first kappa shape index (κ1) is 12.0. The van der Waals surface area contributed by atoms with Gasteiger partial charge in [0.1, 0.15) is 0 Å². The number of carbonyl (C=O) groups excluding carboxylic acids is 3. The topological polar surface area (TPSA) is 78.8 Å². The molecule has 92 valence electrons. The summed E-state index contributed by atoms with van der Waals surface area (Å²) in [7, 11) is 0. The zero-order valence-corrected chi connectivity index (χ0v) is 9.55. The van der Waals surface area contributed by atoms with Crippen molar-refractivity contribution in [2.24, 2.45) is 4.99 Å². The van der Waals surface area contributed by atoms with Gasteiger partial charge in [0.15, 0.2) is 0 Å². The van der Waals surface area contributed by atoms with E-state index in [4.69, 9.17) is 0 Å². The second-order valence-electron chi connectivity index (χ2n) is 3.90. The molecule has 1 aliphatic heterocycles. The van der Waals surface area contributed by atoms with Crippen LogP contribution < -0.4 is 10.2 Å². The quantitative estimate of drug-likeness (QED) is 0.461. The number of piperazine rings is 1. The summed E-state index contributed by atoms with van der Waals surface area (Å²) in [4.78, 5) is 37.6. The van der Waals surface area contributed by atoms with Crippen LogP contribution in [0, 0.1) is 0 Å². The number of rotatable bonds is 3. The fraction of sp³-hybridized carbons (Fsp3) is 0.250. The van der Waals surface area contributed by atoms with Crippen molar-refractivity contribution in [3.63, 3.8) is 0 Å². The maximum Gasteiger partial charge on any atom is 0.246 e. The van der Waals surface area contributed by atoms with Gasteiger partial charge in [-0.3, -0.25) is 14.9 Å². The van der Waals surface area contributed by atoms with Gasteiger partial charge in [0, 0.05) is 5.69 Å². The minimum absolute atomic E-state index is 0.164. The van der Waals surface area contributed by atoms with Crippen molar-refractivity contribution >= 4 is 23.6 Å². The van der Waals surface area contributed by atoms with Crippen molar-refractivity contribution in [1.29, 1.82) is 0 Å². The number of hydrogen-bond donors (Lipinski definition) is 1. The fourth-order valence-electron chi connectivity index (χ4n) is 1.76. The van der Waals surface area contributed by atoms with Crippen molar-refractivity contribution < 1.29 is 14.4 Å². The number of nitrogens with one attached hydrogen (secondary N) is 1. The maximum absolute atomic E-state index is 11.2. The standard InChI is InChI=1S/C12H11N3O3/c16-8-13-5-9-1-3-10(4-2-9)15-6-11(17)14-12(18)7-15/h1-4H,5-7H2,(H,14,17,18). The van der Waals surface area contributed by atoms with Gasteiger partial charge in [-0.1, -0.05) is 12.1 Å². The number of isocyanates is 1. The average Bonchev–Trinajstić information content (AvgIpc) is 2.36. The number of hydrogen-bond acceptors (Lipinski definition) is 5. The molecule has 0 saturated carbocycles. The molecule has 2 rings (SSSR count). The van der Waals surface area contributed by atoms with Gasteiger partial charge in [0.05, 0.1) is 19.6 Å². The van der Waals surface area contributed by atoms with Crippen LogP contribution in [0.2, 0.25) is 0 Å². The summed E-state index contributed by atoms with van der Waals surface area (Å²) in [5.74, 6) is -0.609. The molecule has 6 nitrogen and oxygen atoms in total. The second kappa shape index (κ2) is 5.25. The van der Waals surface area contributed by atoms with Crippen molar-refractivity contribution in [3.05, 3.63) is 29.8 Å². The van der Waals surface area contributed by atoms with Crippen LogP contribution in [0.15, 0.2) is 29.3 Å². The highest BCUT2D eigenvalue weighted by Crippen LogP contribution is 2.16. The lowest BCUT2D eigenvalue weighted by Crippen LogP contribution is -2.51. The Balaban J connectivity index is 2.11. The van der Waals surface area contributed by atoms with Gasteiger partial charge >= 0.3 is 0 Å². The highest BCUT2D eigenvalue weighted by Gasteiger charge is 2.22. The zero-order valence-electron chi connectivity index (χ0n) is 9.55. The molecule has 1 heterocycles. The average molecular weight is 245 g/mol. The molecule has 1 aromatic rings. The van der Waals surface area contributed by atoms with Gasteiger partial charge in [-0.25, -0.2) is 9.79 Å². The predicted molar refractivity (Wildman–Crippen MR) is 63.6 cm³/mol. The normalized spacial score (nSPS) is 15.0. The Morgan fingerprint density at radius 1 is 1.17 bits per heavy atom. The molecular formula is C12H11N3O3. The van der Waals surface area contributed by atoms with Crippen molar-refractivity contribution in [2.45, 2.75) is 6.54 Å². The third-order valence-corrected chi connectivity index (χ3v) is 2.58. The minimum Gasteiger partial charge on any atom is -0.353 e. The lowest BCUT2D eigenvalue weighted by Gasteiger charge is -2.27. The Hall–Kier alpha value is -2.46. The van der Waals surface area contributed by atoms with Gasteiger partial charge in [-0.15, -0.1) is 0 Å². The van der Waals surface area contributed by atoms with E-state index in [0.717, 1.165) is 11.3 Å². The highest BCUT2D eigenvalue weighted by atomic mass is 16.2. The van der Waals surface area contributed by atoms with Gasteiger partial charge in [-0.2, -0.15) is 0 Å². The molecule has 6 heteroatoms. The first-order valence-corrected chi connectivity index (χ1v) is 5.39. The van der Waals surface area contributed by atoms with Gasteiger partial charge in [0.25, 0.3) is 0 Å². The Labute approximate surface area is 103 Å². The molecule has 0 bridgehead atoms. The molecule has 0 aromatic heterocycles. The molecule has 2 amide bonds. The van der Waals surface area contributed by atoms with E-state index in [9.17, 15) is 14.4 Å². The summed E-state index contributed by atoms with van der Waals surface area (Å²) in [6, 6.07) is 7.18. The van der Waals surface area contributed by atoms with E-state index in [-0.39, 0.29) is 31.4 Å². The maximum atomic E-state index is 11.2. The van der Waals surface area contributed by atoms with Gasteiger partial charge < -0.3 is 4.90 Å². The Kier molecular flexibility index (Phi) is 3.50. The Morgan fingerprint density at radius 3 is 2.33 bits per heavy atom. The van der Waals surface area contributed by atoms with Gasteiger partial charge in [0.2, 0.25) is 17.9 Å². The van der Waals surface area contributed by atoms with E-state index < -0.39 is 0 Å². The summed E-state index contributed by atoms with van der Waals surface area (Å²) in [6.45, 7) is 0.609. The first-order valence-electron chi connectivity index (χ1n) is 5.39. The Morgan fingerprint density at radius 2 is 1.78 bits per heavy atom. The van der Waals surface area contributed by atoms with Crippen LogP contribution in [0.4, 0.5) is 5.69 Å². The largest absolute Gasteiger partial charge is 0.353 e. The van der Waals surface area contributed by atoms with E-state index in [1.165, 1.54) is 6.08 Å². The number of benzene rings is 1. The van der Waals surface area contributed by atoms with Crippen LogP contribution in [0.1, 0.15) is 5.56 Å². The van der Waals surface area contributed by atoms with Crippen LogP contribution >= 0.6 is 0 Å². The second-order valence-corrected chi connectivity index (χ2v) is 3.90. The molecule has 1 aliphatic rings. The molecule has 1 saturated heterocycles. The van der Waals surface area contributed by atoms with Crippen molar-refractivity contribution in [2.75, 3.05) is 18.0 Å². The summed E-state index contributed by atoms with van der Waals surface area (Å²) in [6.07, 6.45) is 1.47. The summed E-state index contributed by atoms with van der Waals surface area (Å²) in [5, 5.41) is 2.24. The number of aliphatic imine (C=N–C) groups is 1. The summed E-state index contributed by atoms with van der Waals surface area (Å²) < 4.78 is 0. The predicted octanol–water partition coefficient (Wildman–Crippen LogP) is -0.0148. The van der Waals surface area contributed by atoms with E-state index >= 15 is 0 Å². The van der Waals surface area contributed by atoms with Crippen LogP contribution in [-0.4, -0.2) is 31.0 Å². The lowest BCUT2D eigenvalue weighted by atomic mass is 10.2. The number of carbonyl (C=O) groups is 2. The smallest absolute Gasteiger partial charge is 0.246 e. The minimum atomic E-state index is -0.305. The molecule has 0 unspecified atom stereocenters.